The highest BCUT2D eigenvalue weighted by molar-refractivity contribution is 5.70. The highest BCUT2D eigenvalue weighted by atomic mass is 16.5. The number of para-hydroxylation sites is 1. The zero-order valence-corrected chi connectivity index (χ0v) is 11.0. The summed E-state index contributed by atoms with van der Waals surface area (Å²) in [7, 11) is 0. The molecule has 0 aliphatic carbocycles. The van der Waals surface area contributed by atoms with Crippen molar-refractivity contribution in [1.29, 1.82) is 0 Å². The molecular weight excluding hydrogens is 256 g/mol. The number of carboxylic acids is 1. The van der Waals surface area contributed by atoms with Crippen LogP contribution in [0.4, 0.5) is 0 Å². The molecule has 0 heterocycles. The first kappa shape index (κ1) is 13.9. The largest absolute Gasteiger partial charge is 0.490 e. The molecule has 0 aromatic heterocycles. The summed E-state index contributed by atoms with van der Waals surface area (Å²) in [6, 6.07) is 16.6. The van der Waals surface area contributed by atoms with Gasteiger partial charge in [-0.25, -0.2) is 0 Å². The molecule has 0 unspecified atom stereocenters. The van der Waals surface area contributed by atoms with Crippen LogP contribution in [0.5, 0.6) is 11.5 Å². The van der Waals surface area contributed by atoms with Gasteiger partial charge in [0.15, 0.2) is 0 Å². The minimum atomic E-state index is -0.852. The first-order valence-electron chi connectivity index (χ1n) is 6.35. The lowest BCUT2D eigenvalue weighted by atomic mass is 10.1. The van der Waals surface area contributed by atoms with Gasteiger partial charge in [-0.15, -0.1) is 0 Å². The lowest BCUT2D eigenvalue weighted by Gasteiger charge is -2.09. The van der Waals surface area contributed by atoms with Crippen molar-refractivity contribution < 1.29 is 19.4 Å². The first-order valence-corrected chi connectivity index (χ1v) is 6.35. The van der Waals surface area contributed by atoms with Crippen molar-refractivity contribution >= 4 is 5.97 Å². The van der Waals surface area contributed by atoms with Crippen molar-refractivity contribution in [2.75, 3.05) is 13.2 Å². The van der Waals surface area contributed by atoms with Gasteiger partial charge in [-0.1, -0.05) is 30.3 Å². The molecule has 0 amide bonds. The van der Waals surface area contributed by atoms with Gasteiger partial charge in [-0.3, -0.25) is 4.79 Å². The molecule has 2 aromatic carbocycles. The van der Waals surface area contributed by atoms with Crippen molar-refractivity contribution in [3.63, 3.8) is 0 Å². The molecule has 0 aliphatic rings. The van der Waals surface area contributed by atoms with Crippen molar-refractivity contribution in [2.24, 2.45) is 0 Å². The maximum atomic E-state index is 10.6. The zero-order chi connectivity index (χ0) is 14.2. The van der Waals surface area contributed by atoms with Crippen LogP contribution in [0.2, 0.25) is 0 Å². The Bertz CT molecular complexity index is 551. The van der Waals surface area contributed by atoms with Crippen LogP contribution in [0.3, 0.4) is 0 Å². The highest BCUT2D eigenvalue weighted by Gasteiger charge is 2.02. The molecule has 104 valence electrons. The van der Waals surface area contributed by atoms with Gasteiger partial charge < -0.3 is 14.6 Å². The van der Waals surface area contributed by atoms with Crippen LogP contribution in [-0.2, 0) is 11.2 Å². The van der Waals surface area contributed by atoms with Gasteiger partial charge in [0.25, 0.3) is 0 Å². The first-order chi connectivity index (χ1) is 9.74. The molecule has 2 rings (SSSR count). The van der Waals surface area contributed by atoms with Crippen molar-refractivity contribution in [3.05, 3.63) is 60.2 Å². The molecule has 4 heteroatoms. The van der Waals surface area contributed by atoms with Crippen LogP contribution in [0.1, 0.15) is 5.56 Å². The summed E-state index contributed by atoms with van der Waals surface area (Å²) >= 11 is 0. The third-order valence-electron chi connectivity index (χ3n) is 2.62. The van der Waals surface area contributed by atoms with Gasteiger partial charge in [-0.05, 0) is 29.8 Å². The molecule has 20 heavy (non-hydrogen) atoms. The number of hydrogen-bond donors (Lipinski definition) is 1. The van der Waals surface area contributed by atoms with Crippen LogP contribution in [-0.4, -0.2) is 24.3 Å². The van der Waals surface area contributed by atoms with E-state index in [1.165, 1.54) is 0 Å². The van der Waals surface area contributed by atoms with Gasteiger partial charge in [0.05, 0.1) is 6.42 Å². The maximum absolute atomic E-state index is 10.6. The standard InChI is InChI=1S/C16H16O4/c17-16(18)12-13-5-4-8-15(11-13)20-10-9-19-14-6-2-1-3-7-14/h1-8,11H,9-10,12H2,(H,17,18). The second-order valence-corrected chi connectivity index (χ2v) is 4.23. The lowest BCUT2D eigenvalue weighted by Crippen LogP contribution is -2.09. The smallest absolute Gasteiger partial charge is 0.307 e. The van der Waals surface area contributed by atoms with Gasteiger partial charge in [0, 0.05) is 0 Å². The number of carboxylic acid groups (broad SMARTS) is 1. The van der Waals surface area contributed by atoms with E-state index in [1.807, 2.05) is 30.3 Å². The Hall–Kier alpha value is -2.49. The van der Waals surface area contributed by atoms with Gasteiger partial charge >= 0.3 is 5.97 Å². The fourth-order valence-electron chi connectivity index (χ4n) is 1.76. The highest BCUT2D eigenvalue weighted by Crippen LogP contribution is 2.14. The third kappa shape index (κ3) is 4.65. The second kappa shape index (κ2) is 7.19. The van der Waals surface area contributed by atoms with Crippen LogP contribution in [0, 0.1) is 0 Å². The van der Waals surface area contributed by atoms with Crippen molar-refractivity contribution in [1.82, 2.24) is 0 Å². The molecule has 1 N–H and O–H groups in total. The van der Waals surface area contributed by atoms with Crippen molar-refractivity contribution in [2.45, 2.75) is 6.42 Å². The summed E-state index contributed by atoms with van der Waals surface area (Å²) in [6.45, 7) is 0.846. The van der Waals surface area contributed by atoms with Crippen molar-refractivity contribution in [3.8, 4) is 11.5 Å². The molecule has 4 nitrogen and oxygen atoms in total. The summed E-state index contributed by atoms with van der Waals surface area (Å²) in [5.41, 5.74) is 0.721. The van der Waals surface area contributed by atoms with E-state index in [1.54, 1.807) is 24.3 Å². The molecule has 0 radical (unpaired) electrons. The fraction of sp³-hybridized carbons (Fsp3) is 0.188. The molecule has 0 bridgehead atoms. The minimum absolute atomic E-state index is 0.00227. The van der Waals surface area contributed by atoms with E-state index in [0.29, 0.717) is 19.0 Å². The molecule has 0 atom stereocenters. The molecule has 0 fully saturated rings. The predicted octanol–water partition coefficient (Wildman–Crippen LogP) is 2.77. The van der Waals surface area contributed by atoms with E-state index < -0.39 is 5.97 Å². The monoisotopic (exact) mass is 272 g/mol. The number of carbonyl (C=O) groups is 1. The molecule has 0 saturated heterocycles. The van der Waals surface area contributed by atoms with Crippen LogP contribution in [0.25, 0.3) is 0 Å². The van der Waals surface area contributed by atoms with Crippen LogP contribution < -0.4 is 9.47 Å². The number of rotatable bonds is 7. The van der Waals surface area contributed by atoms with E-state index in [9.17, 15) is 4.79 Å². The Labute approximate surface area is 117 Å². The Morgan fingerprint density at radius 1 is 0.900 bits per heavy atom. The molecule has 0 saturated carbocycles. The van der Waals surface area contributed by atoms with E-state index in [-0.39, 0.29) is 6.42 Å². The molecule has 0 aliphatic heterocycles. The van der Waals surface area contributed by atoms with E-state index in [2.05, 4.69) is 0 Å². The number of benzene rings is 2. The fourth-order valence-corrected chi connectivity index (χ4v) is 1.76. The van der Waals surface area contributed by atoms with E-state index in [0.717, 1.165) is 11.3 Å². The molecule has 0 spiro atoms. The Balaban J connectivity index is 1.78. The third-order valence-corrected chi connectivity index (χ3v) is 2.62. The lowest BCUT2D eigenvalue weighted by molar-refractivity contribution is -0.136. The minimum Gasteiger partial charge on any atom is -0.490 e. The SMILES string of the molecule is O=C(O)Cc1cccc(OCCOc2ccccc2)c1. The quantitative estimate of drug-likeness (QED) is 0.787. The average molecular weight is 272 g/mol. The summed E-state index contributed by atoms with van der Waals surface area (Å²) in [6.07, 6.45) is -0.00227. The number of hydrogen-bond acceptors (Lipinski definition) is 3. The van der Waals surface area contributed by atoms with Gasteiger partial charge in [0.2, 0.25) is 0 Å². The number of aliphatic carboxylic acids is 1. The summed E-state index contributed by atoms with van der Waals surface area (Å²) in [5, 5.41) is 8.74. The van der Waals surface area contributed by atoms with Crippen LogP contribution in [0.15, 0.2) is 54.6 Å². The summed E-state index contributed by atoms with van der Waals surface area (Å²) in [4.78, 5) is 10.6. The molecular formula is C16H16O4. The van der Waals surface area contributed by atoms with E-state index >= 15 is 0 Å². The predicted molar refractivity (Wildman–Crippen MR) is 75.2 cm³/mol. The van der Waals surface area contributed by atoms with Gasteiger partial charge in [-0.2, -0.15) is 0 Å². The second-order valence-electron chi connectivity index (χ2n) is 4.23. The average Bonchev–Trinajstić information content (AvgIpc) is 2.44. The summed E-state index contributed by atoms with van der Waals surface area (Å²) in [5.74, 6) is 0.603. The number of ether oxygens (including phenoxy) is 2. The summed E-state index contributed by atoms with van der Waals surface area (Å²) < 4.78 is 11.0. The Morgan fingerprint density at radius 2 is 1.55 bits per heavy atom. The van der Waals surface area contributed by atoms with Gasteiger partial charge in [0.1, 0.15) is 24.7 Å². The topological polar surface area (TPSA) is 55.8 Å². The van der Waals surface area contributed by atoms with Crippen LogP contribution >= 0.6 is 0 Å². The maximum Gasteiger partial charge on any atom is 0.307 e. The van der Waals surface area contributed by atoms with E-state index in [4.69, 9.17) is 14.6 Å². The Kier molecular flexibility index (Phi) is 5.00. The zero-order valence-electron chi connectivity index (χ0n) is 11.0. The molecule has 2 aromatic rings. The Morgan fingerprint density at radius 3 is 2.25 bits per heavy atom. The normalized spacial score (nSPS) is 10.0.